The number of carbonyl (C=O) groups is 1. The molecule has 0 saturated heterocycles. The molecule has 128 valence electrons. The molecule has 24 heavy (non-hydrogen) atoms. The molecule has 1 amide bonds. The molecule has 0 fully saturated rings. The second kappa shape index (κ2) is 8.45. The van der Waals surface area contributed by atoms with E-state index in [0.29, 0.717) is 13.2 Å². The van der Waals surface area contributed by atoms with Gasteiger partial charge in [0.05, 0.1) is 18.8 Å². The lowest BCUT2D eigenvalue weighted by Gasteiger charge is -2.17. The SMILES string of the molecule is CCOc1ccc(CN(C)CC(=O)Nc2ccc(C)cc2F)cc1. The van der Waals surface area contributed by atoms with Gasteiger partial charge in [-0.25, -0.2) is 4.39 Å². The Kier molecular flexibility index (Phi) is 6.32. The minimum absolute atomic E-state index is 0.181. The number of rotatable bonds is 7. The zero-order valence-electron chi connectivity index (χ0n) is 14.3. The minimum Gasteiger partial charge on any atom is -0.494 e. The molecule has 2 rings (SSSR count). The molecule has 0 atom stereocenters. The summed E-state index contributed by atoms with van der Waals surface area (Å²) in [5.41, 5.74) is 2.11. The van der Waals surface area contributed by atoms with Gasteiger partial charge in [0.15, 0.2) is 0 Å². The van der Waals surface area contributed by atoms with Crippen molar-refractivity contribution in [1.82, 2.24) is 4.90 Å². The Balaban J connectivity index is 1.86. The van der Waals surface area contributed by atoms with Crippen molar-refractivity contribution in [3.8, 4) is 5.75 Å². The van der Waals surface area contributed by atoms with Crippen LogP contribution in [0.3, 0.4) is 0 Å². The van der Waals surface area contributed by atoms with Gasteiger partial charge in [-0.2, -0.15) is 0 Å². The summed E-state index contributed by atoms with van der Waals surface area (Å²) < 4.78 is 19.2. The van der Waals surface area contributed by atoms with E-state index in [4.69, 9.17) is 4.74 Å². The molecule has 2 aromatic rings. The normalized spacial score (nSPS) is 10.7. The Bertz CT molecular complexity index is 686. The number of carbonyl (C=O) groups excluding carboxylic acids is 1. The molecule has 0 saturated carbocycles. The predicted octanol–water partition coefficient (Wildman–Crippen LogP) is 3.60. The molecule has 0 bridgehead atoms. The van der Waals surface area contributed by atoms with Crippen LogP contribution in [0.4, 0.5) is 10.1 Å². The van der Waals surface area contributed by atoms with Gasteiger partial charge in [0.1, 0.15) is 11.6 Å². The summed E-state index contributed by atoms with van der Waals surface area (Å²) in [6.45, 7) is 5.18. The second-order valence-corrected chi connectivity index (χ2v) is 5.78. The van der Waals surface area contributed by atoms with Crippen molar-refractivity contribution in [2.24, 2.45) is 0 Å². The number of aryl methyl sites for hydroxylation is 1. The second-order valence-electron chi connectivity index (χ2n) is 5.78. The van der Waals surface area contributed by atoms with E-state index in [-0.39, 0.29) is 18.1 Å². The van der Waals surface area contributed by atoms with Crippen molar-refractivity contribution in [2.45, 2.75) is 20.4 Å². The molecular weight excluding hydrogens is 307 g/mol. The molecule has 2 aromatic carbocycles. The fraction of sp³-hybridized carbons (Fsp3) is 0.316. The highest BCUT2D eigenvalue weighted by Crippen LogP contribution is 2.16. The number of nitrogens with zero attached hydrogens (tertiary/aromatic N) is 1. The van der Waals surface area contributed by atoms with Crippen LogP contribution in [0.15, 0.2) is 42.5 Å². The molecule has 4 nitrogen and oxygen atoms in total. The molecule has 0 aromatic heterocycles. The number of ether oxygens (including phenoxy) is 1. The van der Waals surface area contributed by atoms with Crippen LogP contribution >= 0.6 is 0 Å². The van der Waals surface area contributed by atoms with E-state index >= 15 is 0 Å². The number of nitrogens with one attached hydrogen (secondary N) is 1. The predicted molar refractivity (Wildman–Crippen MR) is 93.7 cm³/mol. The summed E-state index contributed by atoms with van der Waals surface area (Å²) in [6, 6.07) is 12.5. The molecule has 0 spiro atoms. The summed E-state index contributed by atoms with van der Waals surface area (Å²) in [6.07, 6.45) is 0. The highest BCUT2D eigenvalue weighted by Gasteiger charge is 2.10. The number of likely N-dealkylation sites (N-methyl/N-ethyl adjacent to an activating group) is 1. The Morgan fingerprint density at radius 1 is 1.21 bits per heavy atom. The van der Waals surface area contributed by atoms with Crippen molar-refractivity contribution in [2.75, 3.05) is 25.5 Å². The topological polar surface area (TPSA) is 41.6 Å². The number of anilines is 1. The van der Waals surface area contributed by atoms with Gasteiger partial charge in [-0.1, -0.05) is 18.2 Å². The smallest absolute Gasteiger partial charge is 0.238 e. The van der Waals surface area contributed by atoms with E-state index in [9.17, 15) is 9.18 Å². The molecule has 0 radical (unpaired) electrons. The van der Waals surface area contributed by atoms with E-state index < -0.39 is 5.82 Å². The van der Waals surface area contributed by atoms with E-state index in [1.807, 2.05) is 43.1 Å². The number of hydrogen-bond donors (Lipinski definition) is 1. The van der Waals surface area contributed by atoms with Crippen LogP contribution in [0.5, 0.6) is 5.75 Å². The maximum absolute atomic E-state index is 13.8. The zero-order chi connectivity index (χ0) is 17.5. The lowest BCUT2D eigenvalue weighted by atomic mass is 10.2. The Morgan fingerprint density at radius 2 is 1.92 bits per heavy atom. The molecule has 0 aliphatic rings. The van der Waals surface area contributed by atoms with Crippen molar-refractivity contribution in [3.63, 3.8) is 0 Å². The van der Waals surface area contributed by atoms with Crippen LogP contribution < -0.4 is 10.1 Å². The summed E-state index contributed by atoms with van der Waals surface area (Å²) >= 11 is 0. The molecule has 0 unspecified atom stereocenters. The third-order valence-corrected chi connectivity index (χ3v) is 3.50. The first-order valence-electron chi connectivity index (χ1n) is 7.94. The monoisotopic (exact) mass is 330 g/mol. The first-order valence-corrected chi connectivity index (χ1v) is 7.94. The molecule has 5 heteroatoms. The average Bonchev–Trinajstić information content (AvgIpc) is 2.52. The van der Waals surface area contributed by atoms with Crippen LogP contribution in [0.25, 0.3) is 0 Å². The van der Waals surface area contributed by atoms with Gasteiger partial charge in [0.2, 0.25) is 5.91 Å². The van der Waals surface area contributed by atoms with Crippen LogP contribution in [-0.2, 0) is 11.3 Å². The largest absolute Gasteiger partial charge is 0.494 e. The summed E-state index contributed by atoms with van der Waals surface area (Å²) in [4.78, 5) is 13.9. The Labute approximate surface area is 142 Å². The summed E-state index contributed by atoms with van der Waals surface area (Å²) in [7, 11) is 1.85. The van der Waals surface area contributed by atoms with Crippen LogP contribution in [-0.4, -0.2) is 31.0 Å². The van der Waals surface area contributed by atoms with Gasteiger partial charge in [-0.3, -0.25) is 9.69 Å². The third kappa shape index (κ3) is 5.35. The molecule has 1 N–H and O–H groups in total. The number of hydrogen-bond acceptors (Lipinski definition) is 3. The van der Waals surface area contributed by atoms with Crippen LogP contribution in [0, 0.1) is 12.7 Å². The summed E-state index contributed by atoms with van der Waals surface area (Å²) in [5.74, 6) is 0.167. The first-order chi connectivity index (χ1) is 11.5. The number of benzene rings is 2. The van der Waals surface area contributed by atoms with E-state index in [1.165, 1.54) is 6.07 Å². The van der Waals surface area contributed by atoms with Gasteiger partial charge >= 0.3 is 0 Å². The fourth-order valence-electron chi connectivity index (χ4n) is 2.38. The highest BCUT2D eigenvalue weighted by molar-refractivity contribution is 5.92. The number of amides is 1. The van der Waals surface area contributed by atoms with Gasteiger partial charge in [0.25, 0.3) is 0 Å². The average molecular weight is 330 g/mol. The lowest BCUT2D eigenvalue weighted by Crippen LogP contribution is -2.30. The van der Waals surface area contributed by atoms with E-state index in [2.05, 4.69) is 5.32 Å². The van der Waals surface area contributed by atoms with Crippen molar-refractivity contribution in [3.05, 3.63) is 59.4 Å². The minimum atomic E-state index is -0.419. The molecule has 0 aliphatic heterocycles. The molecule has 0 aliphatic carbocycles. The van der Waals surface area contributed by atoms with Crippen molar-refractivity contribution in [1.29, 1.82) is 0 Å². The highest BCUT2D eigenvalue weighted by atomic mass is 19.1. The standard InChI is InChI=1S/C19H23FN2O2/c1-4-24-16-8-6-15(7-9-16)12-22(3)13-19(23)21-18-10-5-14(2)11-17(18)20/h5-11H,4,12-13H2,1-3H3,(H,21,23). The Morgan fingerprint density at radius 3 is 2.54 bits per heavy atom. The fourth-order valence-corrected chi connectivity index (χ4v) is 2.38. The quantitative estimate of drug-likeness (QED) is 0.843. The van der Waals surface area contributed by atoms with Crippen molar-refractivity contribution < 1.29 is 13.9 Å². The van der Waals surface area contributed by atoms with Gasteiger partial charge in [-0.15, -0.1) is 0 Å². The molecule has 0 heterocycles. The Hall–Kier alpha value is -2.40. The van der Waals surface area contributed by atoms with E-state index in [1.54, 1.807) is 19.1 Å². The van der Waals surface area contributed by atoms with Gasteiger partial charge < -0.3 is 10.1 Å². The van der Waals surface area contributed by atoms with E-state index in [0.717, 1.165) is 16.9 Å². The summed E-state index contributed by atoms with van der Waals surface area (Å²) in [5, 5.41) is 2.60. The maximum atomic E-state index is 13.8. The van der Waals surface area contributed by atoms with Gasteiger partial charge in [0, 0.05) is 6.54 Å². The lowest BCUT2D eigenvalue weighted by molar-refractivity contribution is -0.117. The first kappa shape index (κ1) is 17.9. The maximum Gasteiger partial charge on any atom is 0.238 e. The van der Waals surface area contributed by atoms with Gasteiger partial charge in [-0.05, 0) is 56.3 Å². The zero-order valence-corrected chi connectivity index (χ0v) is 14.3. The number of halogens is 1. The van der Waals surface area contributed by atoms with Crippen molar-refractivity contribution >= 4 is 11.6 Å². The van der Waals surface area contributed by atoms with Crippen LogP contribution in [0.2, 0.25) is 0 Å². The third-order valence-electron chi connectivity index (χ3n) is 3.50. The molecular formula is C19H23FN2O2. The van der Waals surface area contributed by atoms with Crippen LogP contribution in [0.1, 0.15) is 18.1 Å².